The molecule has 1 aromatic heterocycles. The third-order valence-electron chi connectivity index (χ3n) is 5.01. The number of nitrogens with one attached hydrogen (secondary N) is 2. The lowest BCUT2D eigenvalue weighted by molar-refractivity contribution is 0.102. The number of amides is 1. The van der Waals surface area contributed by atoms with E-state index in [9.17, 15) is 4.79 Å². The molecule has 0 aliphatic heterocycles. The Morgan fingerprint density at radius 2 is 1.88 bits per heavy atom. The maximum atomic E-state index is 12.7. The summed E-state index contributed by atoms with van der Waals surface area (Å²) in [4.78, 5) is 22.7. The second-order valence-electron chi connectivity index (χ2n) is 7.78. The number of anilines is 1. The van der Waals surface area contributed by atoms with E-state index in [1.807, 2.05) is 68.7 Å². The van der Waals surface area contributed by atoms with Gasteiger partial charge in [0.05, 0.1) is 22.1 Å². The van der Waals surface area contributed by atoms with Crippen LogP contribution in [0.3, 0.4) is 0 Å². The molecular weight excluding hydrogens is 468 g/mol. The summed E-state index contributed by atoms with van der Waals surface area (Å²) in [5, 5.41) is 2.94. The molecule has 3 aromatic carbocycles. The second kappa shape index (κ2) is 9.97. The second-order valence-corrected chi connectivity index (χ2v) is 8.64. The molecule has 0 bridgehead atoms. The first-order chi connectivity index (χ1) is 15.5. The number of carbonyl (C=O) groups is 1. The van der Waals surface area contributed by atoms with E-state index in [1.54, 1.807) is 12.1 Å². The van der Waals surface area contributed by atoms with Crippen LogP contribution in [0, 0.1) is 0 Å². The zero-order valence-corrected chi connectivity index (χ0v) is 19.6. The highest BCUT2D eigenvalue weighted by Crippen LogP contribution is 2.27. The number of ether oxygens (including phenoxy) is 1. The van der Waals surface area contributed by atoms with Crippen LogP contribution in [-0.4, -0.2) is 48.0 Å². The Morgan fingerprint density at radius 1 is 1.09 bits per heavy atom. The van der Waals surface area contributed by atoms with Crippen LogP contribution in [0.4, 0.5) is 5.69 Å². The lowest BCUT2D eigenvalue weighted by Crippen LogP contribution is -2.15. The quantitative estimate of drug-likeness (QED) is 0.315. The Kier molecular flexibility index (Phi) is 6.87. The van der Waals surface area contributed by atoms with Crippen molar-refractivity contribution in [3.05, 3.63) is 76.8 Å². The highest BCUT2D eigenvalue weighted by molar-refractivity contribution is 9.10. The van der Waals surface area contributed by atoms with Gasteiger partial charge < -0.3 is 19.9 Å². The number of rotatable bonds is 8. The van der Waals surface area contributed by atoms with E-state index in [-0.39, 0.29) is 5.91 Å². The lowest BCUT2D eigenvalue weighted by atomic mass is 10.1. The molecule has 0 saturated heterocycles. The van der Waals surface area contributed by atoms with E-state index in [1.165, 1.54) is 0 Å². The summed E-state index contributed by atoms with van der Waals surface area (Å²) < 4.78 is 6.56. The largest absolute Gasteiger partial charge is 0.492 e. The molecule has 0 atom stereocenters. The molecule has 4 aromatic rings. The SMILES string of the molecule is CN(C)CCCOc1ccc(C(=O)Nc2ccc(-c3nc4ccccc4[nH]3)cc2)cc1Br. The van der Waals surface area contributed by atoms with Gasteiger partial charge in [-0.3, -0.25) is 4.79 Å². The molecule has 0 fully saturated rings. The summed E-state index contributed by atoms with van der Waals surface area (Å²) in [5.74, 6) is 1.35. The Bertz CT molecular complexity index is 1190. The summed E-state index contributed by atoms with van der Waals surface area (Å²) in [6.07, 6.45) is 0.936. The van der Waals surface area contributed by atoms with Crippen LogP contribution in [0.25, 0.3) is 22.4 Å². The minimum atomic E-state index is -0.179. The highest BCUT2D eigenvalue weighted by atomic mass is 79.9. The fourth-order valence-electron chi connectivity index (χ4n) is 3.33. The number of aromatic nitrogens is 2. The van der Waals surface area contributed by atoms with Gasteiger partial charge in [0.25, 0.3) is 5.91 Å². The van der Waals surface area contributed by atoms with E-state index in [0.29, 0.717) is 12.2 Å². The van der Waals surface area contributed by atoms with Gasteiger partial charge in [-0.15, -0.1) is 0 Å². The van der Waals surface area contributed by atoms with E-state index in [0.717, 1.165) is 51.3 Å². The molecular formula is C25H25BrN4O2. The Morgan fingerprint density at radius 3 is 2.59 bits per heavy atom. The average molecular weight is 493 g/mol. The minimum absolute atomic E-state index is 0.179. The van der Waals surface area contributed by atoms with E-state index in [4.69, 9.17) is 4.74 Å². The molecule has 7 heteroatoms. The topological polar surface area (TPSA) is 70.2 Å². The highest BCUT2D eigenvalue weighted by Gasteiger charge is 2.11. The normalized spacial score (nSPS) is 11.1. The minimum Gasteiger partial charge on any atom is -0.492 e. The van der Waals surface area contributed by atoms with Crippen molar-refractivity contribution in [2.75, 3.05) is 32.6 Å². The third kappa shape index (κ3) is 5.36. The van der Waals surface area contributed by atoms with E-state index in [2.05, 4.69) is 36.1 Å². The standard InChI is InChI=1S/C25H25BrN4O2/c1-30(2)14-5-15-32-23-13-10-18(16-20(23)26)25(31)27-19-11-8-17(9-12-19)24-28-21-6-3-4-7-22(21)29-24/h3-4,6-13,16H,5,14-15H2,1-2H3,(H,27,31)(H,28,29). The predicted molar refractivity (Wildman–Crippen MR) is 132 cm³/mol. The number of hydrogen-bond acceptors (Lipinski definition) is 4. The van der Waals surface area contributed by atoms with Crippen molar-refractivity contribution in [1.82, 2.24) is 14.9 Å². The monoisotopic (exact) mass is 492 g/mol. The molecule has 0 aliphatic carbocycles. The van der Waals surface area contributed by atoms with Crippen molar-refractivity contribution < 1.29 is 9.53 Å². The number of para-hydroxylation sites is 2. The van der Waals surface area contributed by atoms with Gasteiger partial charge in [-0.1, -0.05) is 12.1 Å². The lowest BCUT2D eigenvalue weighted by Gasteiger charge is -2.12. The summed E-state index contributed by atoms with van der Waals surface area (Å²) in [5.41, 5.74) is 4.15. The van der Waals surface area contributed by atoms with Crippen molar-refractivity contribution in [2.45, 2.75) is 6.42 Å². The van der Waals surface area contributed by atoms with Crippen molar-refractivity contribution >= 4 is 38.6 Å². The number of nitrogens with zero attached hydrogens (tertiary/aromatic N) is 2. The smallest absolute Gasteiger partial charge is 0.255 e. The number of H-pyrrole nitrogens is 1. The van der Waals surface area contributed by atoms with Crippen molar-refractivity contribution in [1.29, 1.82) is 0 Å². The maximum Gasteiger partial charge on any atom is 0.255 e. The molecule has 2 N–H and O–H groups in total. The van der Waals surface area contributed by atoms with Crippen molar-refractivity contribution in [3.8, 4) is 17.1 Å². The summed E-state index contributed by atoms with van der Waals surface area (Å²) >= 11 is 3.51. The number of halogens is 1. The molecule has 0 unspecified atom stereocenters. The van der Waals surface area contributed by atoms with Crippen molar-refractivity contribution in [2.24, 2.45) is 0 Å². The summed E-state index contributed by atoms with van der Waals surface area (Å²) in [6.45, 7) is 1.59. The molecule has 0 spiro atoms. The molecule has 32 heavy (non-hydrogen) atoms. The van der Waals surface area contributed by atoms with Crippen molar-refractivity contribution in [3.63, 3.8) is 0 Å². The van der Waals surface area contributed by atoms with Gasteiger partial charge in [0.2, 0.25) is 0 Å². The van der Waals surface area contributed by atoms with Gasteiger partial charge in [-0.05, 0) is 91.0 Å². The molecule has 1 heterocycles. The van der Waals surface area contributed by atoms with Gasteiger partial charge in [-0.25, -0.2) is 4.98 Å². The molecule has 6 nitrogen and oxygen atoms in total. The van der Waals surface area contributed by atoms with E-state index >= 15 is 0 Å². The first kappa shape index (κ1) is 22.0. The Labute approximate surface area is 195 Å². The van der Waals surface area contributed by atoms with Crippen LogP contribution in [0.1, 0.15) is 16.8 Å². The van der Waals surface area contributed by atoms with Gasteiger partial charge >= 0.3 is 0 Å². The predicted octanol–water partition coefficient (Wildman–Crippen LogP) is 5.58. The van der Waals surface area contributed by atoms with Gasteiger partial charge in [0, 0.05) is 23.4 Å². The van der Waals surface area contributed by atoms with Crippen LogP contribution >= 0.6 is 15.9 Å². The number of benzene rings is 3. The third-order valence-corrected chi connectivity index (χ3v) is 5.63. The first-order valence-corrected chi connectivity index (χ1v) is 11.2. The summed E-state index contributed by atoms with van der Waals surface area (Å²) in [7, 11) is 4.07. The van der Waals surface area contributed by atoms with Crippen LogP contribution in [-0.2, 0) is 0 Å². The number of fused-ring (bicyclic) bond motifs is 1. The fourth-order valence-corrected chi connectivity index (χ4v) is 3.82. The number of imidazole rings is 1. The van der Waals surface area contributed by atoms with Crippen LogP contribution in [0.5, 0.6) is 5.75 Å². The molecule has 4 rings (SSSR count). The van der Waals surface area contributed by atoms with E-state index < -0.39 is 0 Å². The van der Waals surface area contributed by atoms with Crippen LogP contribution in [0.2, 0.25) is 0 Å². The van der Waals surface area contributed by atoms with Crippen LogP contribution < -0.4 is 10.1 Å². The first-order valence-electron chi connectivity index (χ1n) is 10.4. The molecule has 1 amide bonds. The van der Waals surface area contributed by atoms with Gasteiger partial charge in [-0.2, -0.15) is 0 Å². The number of hydrogen-bond donors (Lipinski definition) is 2. The molecule has 0 radical (unpaired) electrons. The summed E-state index contributed by atoms with van der Waals surface area (Å²) in [6, 6.07) is 20.9. The van der Waals surface area contributed by atoms with Gasteiger partial charge in [0.15, 0.2) is 0 Å². The van der Waals surface area contributed by atoms with Gasteiger partial charge in [0.1, 0.15) is 11.6 Å². The zero-order chi connectivity index (χ0) is 22.5. The maximum absolute atomic E-state index is 12.7. The average Bonchev–Trinajstić information content (AvgIpc) is 3.22. The Balaban J connectivity index is 1.38. The number of aromatic amines is 1. The van der Waals surface area contributed by atoms with Crippen LogP contribution in [0.15, 0.2) is 71.2 Å². The molecule has 0 aliphatic rings. The zero-order valence-electron chi connectivity index (χ0n) is 18.1. The fraction of sp³-hybridized carbons (Fsp3) is 0.200. The molecule has 164 valence electrons. The number of carbonyl (C=O) groups excluding carboxylic acids is 1. The molecule has 0 saturated carbocycles. The Hall–Kier alpha value is -3.16.